The average Bonchev–Trinajstić information content (AvgIpc) is 2.75. The minimum Gasteiger partial charge on any atom is -0.496 e. The Hall–Kier alpha value is -1.81. The van der Waals surface area contributed by atoms with E-state index in [9.17, 15) is 4.79 Å². The predicted octanol–water partition coefficient (Wildman–Crippen LogP) is 4.04. The molecule has 1 N–H and O–H groups in total. The molecule has 1 aliphatic rings. The molecular weight excluding hydrogens is 330 g/mol. The molecule has 0 saturated heterocycles. The third kappa shape index (κ3) is 2.68. The smallest absolute Gasteiger partial charge is 0.232 e. The lowest BCUT2D eigenvalue weighted by molar-refractivity contribution is -0.117. The van der Waals surface area contributed by atoms with Gasteiger partial charge in [-0.3, -0.25) is 4.79 Å². The van der Waals surface area contributed by atoms with Crippen molar-refractivity contribution in [1.29, 1.82) is 0 Å². The molecular formula is C17H16BrNO2. The molecule has 0 unspecified atom stereocenters. The summed E-state index contributed by atoms with van der Waals surface area (Å²) in [5, 5.41) is 2.96. The number of benzene rings is 2. The minimum atomic E-state index is -0.164. The van der Waals surface area contributed by atoms with Crippen LogP contribution in [-0.4, -0.2) is 13.0 Å². The Morgan fingerprint density at radius 3 is 2.81 bits per heavy atom. The van der Waals surface area contributed by atoms with E-state index in [4.69, 9.17) is 4.74 Å². The van der Waals surface area contributed by atoms with Gasteiger partial charge in [-0.15, -0.1) is 0 Å². The van der Waals surface area contributed by atoms with Gasteiger partial charge < -0.3 is 10.1 Å². The van der Waals surface area contributed by atoms with E-state index in [1.54, 1.807) is 7.11 Å². The first kappa shape index (κ1) is 14.1. The highest BCUT2D eigenvalue weighted by molar-refractivity contribution is 9.10. The third-order valence-corrected chi connectivity index (χ3v) is 4.32. The Balaban J connectivity index is 1.98. The van der Waals surface area contributed by atoms with Gasteiger partial charge >= 0.3 is 0 Å². The summed E-state index contributed by atoms with van der Waals surface area (Å²) in [6, 6.07) is 11.9. The van der Waals surface area contributed by atoms with Gasteiger partial charge in [-0.1, -0.05) is 33.6 Å². The lowest BCUT2D eigenvalue weighted by Gasteiger charge is -2.13. The van der Waals surface area contributed by atoms with Crippen molar-refractivity contribution in [2.24, 2.45) is 0 Å². The molecule has 0 spiro atoms. The quantitative estimate of drug-likeness (QED) is 0.911. The predicted molar refractivity (Wildman–Crippen MR) is 86.9 cm³/mol. The number of carbonyl (C=O) groups excluding carboxylic acids is 1. The molecule has 1 atom stereocenters. The number of halogens is 1. The van der Waals surface area contributed by atoms with Gasteiger partial charge in [-0.2, -0.15) is 0 Å². The normalized spacial score (nSPS) is 16.5. The molecule has 0 aromatic heterocycles. The number of hydrogen-bond acceptors (Lipinski definition) is 2. The number of carbonyl (C=O) groups is 1. The Labute approximate surface area is 132 Å². The fourth-order valence-electron chi connectivity index (χ4n) is 2.77. The van der Waals surface area contributed by atoms with Crippen LogP contribution in [0.5, 0.6) is 5.75 Å². The van der Waals surface area contributed by atoms with Crippen molar-refractivity contribution in [1.82, 2.24) is 0 Å². The van der Waals surface area contributed by atoms with Crippen molar-refractivity contribution in [3.8, 4) is 5.75 Å². The average molecular weight is 346 g/mol. The summed E-state index contributed by atoms with van der Waals surface area (Å²) in [6.07, 6.45) is 0.630. The van der Waals surface area contributed by atoms with Gasteiger partial charge in [0.05, 0.1) is 13.0 Å². The summed E-state index contributed by atoms with van der Waals surface area (Å²) >= 11 is 3.48. The van der Waals surface area contributed by atoms with Crippen LogP contribution in [0.2, 0.25) is 0 Å². The number of rotatable bonds is 3. The molecule has 2 aromatic rings. The zero-order valence-corrected chi connectivity index (χ0v) is 13.5. The molecule has 0 aliphatic carbocycles. The van der Waals surface area contributed by atoms with E-state index in [2.05, 4.69) is 27.3 Å². The molecule has 1 heterocycles. The number of aryl methyl sites for hydroxylation is 1. The second-order valence-electron chi connectivity index (χ2n) is 5.29. The summed E-state index contributed by atoms with van der Waals surface area (Å²) in [4.78, 5) is 12.3. The second-order valence-corrected chi connectivity index (χ2v) is 6.21. The number of ether oxygens (including phenoxy) is 1. The van der Waals surface area contributed by atoms with Crippen LogP contribution in [0, 0.1) is 6.92 Å². The Kier molecular flexibility index (Phi) is 3.72. The van der Waals surface area contributed by atoms with Crippen molar-refractivity contribution in [3.05, 3.63) is 57.6 Å². The number of anilines is 1. The van der Waals surface area contributed by atoms with E-state index < -0.39 is 0 Å². The number of amides is 1. The molecule has 0 radical (unpaired) electrons. The summed E-state index contributed by atoms with van der Waals surface area (Å²) in [5.74, 6) is 0.702. The van der Waals surface area contributed by atoms with Gasteiger partial charge in [-0.05, 0) is 48.7 Å². The van der Waals surface area contributed by atoms with E-state index in [1.165, 1.54) is 0 Å². The number of nitrogens with one attached hydrogen (secondary N) is 1. The standard InChI is InChI=1S/C17H16BrNO2/c1-10-3-5-15-13(7-10)14(17(20)19-15)9-11-8-12(18)4-6-16(11)21-2/h3-8,14H,9H2,1-2H3,(H,19,20)/t14-/m1/s1. The zero-order chi connectivity index (χ0) is 15.0. The van der Waals surface area contributed by atoms with E-state index >= 15 is 0 Å². The van der Waals surface area contributed by atoms with Gasteiger partial charge in [0, 0.05) is 10.2 Å². The van der Waals surface area contributed by atoms with E-state index in [0.29, 0.717) is 6.42 Å². The number of methoxy groups -OCH3 is 1. The molecule has 1 amide bonds. The molecule has 0 fully saturated rings. The zero-order valence-electron chi connectivity index (χ0n) is 11.9. The summed E-state index contributed by atoms with van der Waals surface area (Å²) in [5.41, 5.74) is 4.18. The van der Waals surface area contributed by atoms with Crippen molar-refractivity contribution in [2.75, 3.05) is 12.4 Å². The van der Waals surface area contributed by atoms with E-state index in [-0.39, 0.29) is 11.8 Å². The van der Waals surface area contributed by atoms with Gasteiger partial charge in [0.25, 0.3) is 0 Å². The molecule has 1 aliphatic heterocycles. The van der Waals surface area contributed by atoms with Crippen LogP contribution in [0.3, 0.4) is 0 Å². The Morgan fingerprint density at radius 1 is 1.24 bits per heavy atom. The van der Waals surface area contributed by atoms with Crippen molar-refractivity contribution in [3.63, 3.8) is 0 Å². The van der Waals surface area contributed by atoms with Gasteiger partial charge in [0.2, 0.25) is 5.91 Å². The fraction of sp³-hybridized carbons (Fsp3) is 0.235. The maximum absolute atomic E-state index is 12.3. The first-order valence-corrected chi connectivity index (χ1v) is 7.61. The molecule has 4 heteroatoms. The third-order valence-electron chi connectivity index (χ3n) is 3.82. The molecule has 108 valence electrons. The molecule has 0 saturated carbocycles. The lowest BCUT2D eigenvalue weighted by atomic mass is 9.92. The van der Waals surface area contributed by atoms with Crippen LogP contribution < -0.4 is 10.1 Å². The monoisotopic (exact) mass is 345 g/mol. The van der Waals surface area contributed by atoms with Gasteiger partial charge in [-0.25, -0.2) is 0 Å². The number of hydrogen-bond donors (Lipinski definition) is 1. The minimum absolute atomic E-state index is 0.0534. The fourth-order valence-corrected chi connectivity index (χ4v) is 3.18. The molecule has 0 bridgehead atoms. The maximum Gasteiger partial charge on any atom is 0.232 e. The van der Waals surface area contributed by atoms with Crippen LogP contribution in [0.4, 0.5) is 5.69 Å². The van der Waals surface area contributed by atoms with Gasteiger partial charge in [0.1, 0.15) is 5.75 Å². The maximum atomic E-state index is 12.3. The first-order chi connectivity index (χ1) is 10.1. The molecule has 21 heavy (non-hydrogen) atoms. The summed E-state index contributed by atoms with van der Waals surface area (Å²) in [6.45, 7) is 2.04. The SMILES string of the molecule is COc1ccc(Br)cc1C[C@H]1C(=O)Nc2ccc(C)cc21. The largest absolute Gasteiger partial charge is 0.496 e. The summed E-state index contributed by atoms with van der Waals surface area (Å²) < 4.78 is 6.39. The highest BCUT2D eigenvalue weighted by Crippen LogP contribution is 2.37. The second kappa shape index (κ2) is 5.53. The van der Waals surface area contributed by atoms with Crippen LogP contribution in [-0.2, 0) is 11.2 Å². The van der Waals surface area contributed by atoms with Crippen LogP contribution in [0.15, 0.2) is 40.9 Å². The topological polar surface area (TPSA) is 38.3 Å². The summed E-state index contributed by atoms with van der Waals surface area (Å²) in [7, 11) is 1.65. The highest BCUT2D eigenvalue weighted by Gasteiger charge is 2.31. The molecule has 3 rings (SSSR count). The van der Waals surface area contributed by atoms with Crippen LogP contribution in [0.25, 0.3) is 0 Å². The van der Waals surface area contributed by atoms with Crippen molar-refractivity contribution in [2.45, 2.75) is 19.3 Å². The molecule has 3 nitrogen and oxygen atoms in total. The van der Waals surface area contributed by atoms with Crippen molar-refractivity contribution < 1.29 is 9.53 Å². The highest BCUT2D eigenvalue weighted by atomic mass is 79.9. The Morgan fingerprint density at radius 2 is 2.05 bits per heavy atom. The number of fused-ring (bicyclic) bond motifs is 1. The lowest BCUT2D eigenvalue weighted by Crippen LogP contribution is -2.14. The Bertz CT molecular complexity index is 712. The van der Waals surface area contributed by atoms with E-state index in [0.717, 1.165) is 32.6 Å². The van der Waals surface area contributed by atoms with Gasteiger partial charge in [0.15, 0.2) is 0 Å². The first-order valence-electron chi connectivity index (χ1n) is 6.82. The van der Waals surface area contributed by atoms with Crippen LogP contribution >= 0.6 is 15.9 Å². The van der Waals surface area contributed by atoms with Crippen LogP contribution in [0.1, 0.15) is 22.6 Å². The molecule has 2 aromatic carbocycles. The van der Waals surface area contributed by atoms with Crippen molar-refractivity contribution >= 4 is 27.5 Å². The van der Waals surface area contributed by atoms with E-state index in [1.807, 2.05) is 37.3 Å².